The van der Waals surface area contributed by atoms with Crippen molar-refractivity contribution in [2.24, 2.45) is 0 Å². The van der Waals surface area contributed by atoms with Gasteiger partial charge in [0, 0.05) is 6.04 Å². The molecule has 1 heterocycles. The van der Waals surface area contributed by atoms with Gasteiger partial charge >= 0.3 is 6.03 Å². The lowest BCUT2D eigenvalue weighted by molar-refractivity contribution is -0.136. The number of hydrogen-bond acceptors (Lipinski definition) is 4. The van der Waals surface area contributed by atoms with E-state index in [0.29, 0.717) is 12.8 Å². The second-order valence-electron chi connectivity index (χ2n) is 7.37. The molecule has 0 bridgehead atoms. The van der Waals surface area contributed by atoms with Gasteiger partial charge in [0.15, 0.2) is 0 Å². The van der Waals surface area contributed by atoms with E-state index in [1.54, 1.807) is 0 Å². The van der Waals surface area contributed by atoms with Crippen molar-refractivity contribution in [2.45, 2.75) is 81.8 Å². The number of imide groups is 1. The van der Waals surface area contributed by atoms with E-state index in [9.17, 15) is 19.2 Å². The Labute approximate surface area is 146 Å². The third-order valence-electron chi connectivity index (χ3n) is 5.46. The van der Waals surface area contributed by atoms with E-state index in [-0.39, 0.29) is 24.3 Å². The molecule has 8 nitrogen and oxygen atoms in total. The molecule has 2 saturated carbocycles. The predicted molar refractivity (Wildman–Crippen MR) is 89.4 cm³/mol. The van der Waals surface area contributed by atoms with Crippen molar-refractivity contribution in [3.05, 3.63) is 0 Å². The monoisotopic (exact) mass is 350 g/mol. The number of amides is 5. The van der Waals surface area contributed by atoms with Gasteiger partial charge in [-0.3, -0.25) is 19.7 Å². The standard InChI is InChI=1S/C17H26N4O4/c22-13(10-12-14(23)20-16(25)19-12)21-17(8-4-1-5-9-17)15(24)18-11-6-2-3-7-11/h11-12H,1-10H2,(H,18,24)(H,21,22)(H2,19,20,23,25)/t12-/m0/s1. The predicted octanol–water partition coefficient (Wildman–Crippen LogP) is 0.462. The molecular formula is C17H26N4O4. The second-order valence-corrected chi connectivity index (χ2v) is 7.37. The molecule has 8 heteroatoms. The number of carbonyl (C=O) groups is 4. The van der Waals surface area contributed by atoms with Gasteiger partial charge in [-0.2, -0.15) is 0 Å². The second kappa shape index (κ2) is 7.41. The molecule has 0 aromatic heterocycles. The van der Waals surface area contributed by atoms with Gasteiger partial charge in [0.1, 0.15) is 11.6 Å². The number of nitrogens with one attached hydrogen (secondary N) is 4. The fourth-order valence-corrected chi connectivity index (χ4v) is 4.06. The van der Waals surface area contributed by atoms with Crippen molar-refractivity contribution in [1.82, 2.24) is 21.3 Å². The minimum Gasteiger partial charge on any atom is -0.351 e. The van der Waals surface area contributed by atoms with Gasteiger partial charge in [0.2, 0.25) is 11.8 Å². The van der Waals surface area contributed by atoms with Crippen molar-refractivity contribution in [3.63, 3.8) is 0 Å². The van der Waals surface area contributed by atoms with Gasteiger partial charge < -0.3 is 16.0 Å². The average molecular weight is 350 g/mol. The van der Waals surface area contributed by atoms with E-state index in [0.717, 1.165) is 44.9 Å². The minimum atomic E-state index is -0.892. The number of hydrogen-bond donors (Lipinski definition) is 4. The topological polar surface area (TPSA) is 116 Å². The van der Waals surface area contributed by atoms with Crippen LogP contribution < -0.4 is 21.3 Å². The highest BCUT2D eigenvalue weighted by Gasteiger charge is 2.42. The van der Waals surface area contributed by atoms with E-state index in [2.05, 4.69) is 21.3 Å². The molecule has 3 aliphatic rings. The summed E-state index contributed by atoms with van der Waals surface area (Å²) in [5.74, 6) is -0.994. The van der Waals surface area contributed by atoms with E-state index < -0.39 is 23.5 Å². The Morgan fingerprint density at radius 2 is 1.72 bits per heavy atom. The molecule has 4 N–H and O–H groups in total. The van der Waals surface area contributed by atoms with E-state index in [4.69, 9.17) is 0 Å². The van der Waals surface area contributed by atoms with Crippen molar-refractivity contribution < 1.29 is 19.2 Å². The van der Waals surface area contributed by atoms with Crippen LogP contribution in [0, 0.1) is 0 Å². The van der Waals surface area contributed by atoms with Gasteiger partial charge in [0.05, 0.1) is 6.42 Å². The van der Waals surface area contributed by atoms with Gasteiger partial charge in [0.25, 0.3) is 5.91 Å². The highest BCUT2D eigenvalue weighted by molar-refractivity contribution is 6.06. The molecule has 1 saturated heterocycles. The summed E-state index contributed by atoms with van der Waals surface area (Å²) >= 11 is 0. The molecule has 25 heavy (non-hydrogen) atoms. The van der Waals surface area contributed by atoms with E-state index in [1.165, 1.54) is 0 Å². The molecule has 3 rings (SSSR count). The largest absolute Gasteiger partial charge is 0.351 e. The van der Waals surface area contributed by atoms with Crippen molar-refractivity contribution in [2.75, 3.05) is 0 Å². The maximum Gasteiger partial charge on any atom is 0.322 e. The Morgan fingerprint density at radius 3 is 2.32 bits per heavy atom. The van der Waals surface area contributed by atoms with Crippen LogP contribution in [0.4, 0.5) is 4.79 Å². The Morgan fingerprint density at radius 1 is 1.04 bits per heavy atom. The van der Waals surface area contributed by atoms with Crippen LogP contribution in [0.25, 0.3) is 0 Å². The quantitative estimate of drug-likeness (QED) is 0.539. The van der Waals surface area contributed by atoms with Crippen molar-refractivity contribution >= 4 is 23.8 Å². The van der Waals surface area contributed by atoms with Crippen LogP contribution in [-0.4, -0.2) is 41.4 Å². The van der Waals surface area contributed by atoms with Gasteiger partial charge in [-0.1, -0.05) is 32.1 Å². The van der Waals surface area contributed by atoms with E-state index in [1.807, 2.05) is 0 Å². The fourth-order valence-electron chi connectivity index (χ4n) is 4.06. The molecule has 0 aromatic rings. The van der Waals surface area contributed by atoms with Crippen LogP contribution in [-0.2, 0) is 14.4 Å². The van der Waals surface area contributed by atoms with Gasteiger partial charge in [-0.15, -0.1) is 0 Å². The average Bonchev–Trinajstić information content (AvgIpc) is 3.18. The Bertz CT molecular complexity index is 565. The zero-order valence-electron chi connectivity index (χ0n) is 14.4. The molecular weight excluding hydrogens is 324 g/mol. The van der Waals surface area contributed by atoms with Crippen molar-refractivity contribution in [3.8, 4) is 0 Å². The van der Waals surface area contributed by atoms with Crippen LogP contribution >= 0.6 is 0 Å². The molecule has 2 aliphatic carbocycles. The first-order valence-electron chi connectivity index (χ1n) is 9.22. The molecule has 1 aliphatic heterocycles. The first-order valence-corrected chi connectivity index (χ1v) is 9.22. The van der Waals surface area contributed by atoms with Gasteiger partial charge in [-0.05, 0) is 25.7 Å². The molecule has 138 valence electrons. The van der Waals surface area contributed by atoms with Crippen LogP contribution in [0.3, 0.4) is 0 Å². The number of urea groups is 1. The molecule has 1 atom stereocenters. The summed E-state index contributed by atoms with van der Waals surface area (Å²) in [6.45, 7) is 0. The minimum absolute atomic E-state index is 0.104. The Balaban J connectivity index is 1.63. The fraction of sp³-hybridized carbons (Fsp3) is 0.765. The molecule has 0 spiro atoms. The summed E-state index contributed by atoms with van der Waals surface area (Å²) in [5, 5.41) is 10.5. The zero-order chi connectivity index (χ0) is 17.9. The summed E-state index contributed by atoms with van der Waals surface area (Å²) in [6, 6.07) is -1.26. The highest BCUT2D eigenvalue weighted by Crippen LogP contribution is 2.30. The van der Waals surface area contributed by atoms with Crippen molar-refractivity contribution in [1.29, 1.82) is 0 Å². The van der Waals surface area contributed by atoms with Crippen LogP contribution in [0.5, 0.6) is 0 Å². The van der Waals surface area contributed by atoms with Crippen LogP contribution in [0.2, 0.25) is 0 Å². The van der Waals surface area contributed by atoms with Gasteiger partial charge in [-0.25, -0.2) is 4.79 Å². The number of rotatable bonds is 5. The zero-order valence-corrected chi connectivity index (χ0v) is 14.4. The molecule has 0 aromatic carbocycles. The lowest BCUT2D eigenvalue weighted by Crippen LogP contribution is -2.61. The highest BCUT2D eigenvalue weighted by atomic mass is 16.2. The summed E-state index contributed by atoms with van der Waals surface area (Å²) in [4.78, 5) is 48.1. The molecule has 5 amide bonds. The van der Waals surface area contributed by atoms with E-state index >= 15 is 0 Å². The molecule has 3 fully saturated rings. The third kappa shape index (κ3) is 4.11. The third-order valence-corrected chi connectivity index (χ3v) is 5.46. The Hall–Kier alpha value is -2.12. The summed E-state index contributed by atoms with van der Waals surface area (Å²) in [7, 11) is 0. The maximum atomic E-state index is 12.9. The Kier molecular flexibility index (Phi) is 5.24. The lowest BCUT2D eigenvalue weighted by atomic mass is 9.80. The number of carbonyl (C=O) groups excluding carboxylic acids is 4. The first kappa shape index (κ1) is 17.7. The summed E-state index contributed by atoms with van der Waals surface area (Å²) in [6.07, 6.45) is 8.13. The molecule has 0 unspecified atom stereocenters. The maximum absolute atomic E-state index is 12.9. The van der Waals surface area contributed by atoms with Crippen LogP contribution in [0.15, 0.2) is 0 Å². The lowest BCUT2D eigenvalue weighted by Gasteiger charge is -2.37. The normalized spacial score (nSPS) is 26.0. The van der Waals surface area contributed by atoms with Crippen LogP contribution in [0.1, 0.15) is 64.2 Å². The first-order chi connectivity index (χ1) is 12.0. The summed E-state index contributed by atoms with van der Waals surface area (Å²) < 4.78 is 0. The summed E-state index contributed by atoms with van der Waals surface area (Å²) in [5.41, 5.74) is -0.892. The smallest absolute Gasteiger partial charge is 0.322 e. The molecule has 0 radical (unpaired) electrons. The SMILES string of the molecule is O=C(C[C@@H]1NC(=O)NC1=O)NC1(C(=O)NC2CCCC2)CCCCC1.